The molecule has 15 heavy (non-hydrogen) atoms. The van der Waals surface area contributed by atoms with E-state index in [0.717, 1.165) is 12.4 Å². The van der Waals surface area contributed by atoms with E-state index < -0.39 is 0 Å². The lowest BCUT2D eigenvalue weighted by molar-refractivity contribution is 0.274. The molecule has 1 unspecified atom stereocenters. The highest BCUT2D eigenvalue weighted by molar-refractivity contribution is 5.33. The number of anilines is 1. The normalized spacial score (nSPS) is 13.7. The number of nitrogens with zero attached hydrogens (tertiary/aromatic N) is 1. The SMILES string of the molecule is CC(CNc1ccc(F)cn1)C(C)(C)C. The van der Waals surface area contributed by atoms with Crippen molar-refractivity contribution in [1.29, 1.82) is 0 Å². The lowest BCUT2D eigenvalue weighted by atomic mass is 9.82. The van der Waals surface area contributed by atoms with Crippen molar-refractivity contribution in [3.05, 3.63) is 24.1 Å². The average Bonchev–Trinajstić information content (AvgIpc) is 2.15. The van der Waals surface area contributed by atoms with E-state index in [-0.39, 0.29) is 11.2 Å². The molecule has 0 aliphatic heterocycles. The fraction of sp³-hybridized carbons (Fsp3) is 0.583. The quantitative estimate of drug-likeness (QED) is 0.827. The van der Waals surface area contributed by atoms with E-state index in [0.29, 0.717) is 5.92 Å². The van der Waals surface area contributed by atoms with Crippen LogP contribution in [0, 0.1) is 17.2 Å². The summed E-state index contributed by atoms with van der Waals surface area (Å²) in [6, 6.07) is 3.07. The van der Waals surface area contributed by atoms with Gasteiger partial charge in [0, 0.05) is 6.54 Å². The second kappa shape index (κ2) is 4.60. The van der Waals surface area contributed by atoms with Gasteiger partial charge in [-0.1, -0.05) is 27.7 Å². The zero-order valence-electron chi connectivity index (χ0n) is 9.84. The molecule has 0 spiro atoms. The zero-order chi connectivity index (χ0) is 11.5. The number of hydrogen-bond acceptors (Lipinski definition) is 2. The molecule has 1 N–H and O–H groups in total. The topological polar surface area (TPSA) is 24.9 Å². The molecule has 0 fully saturated rings. The van der Waals surface area contributed by atoms with Crippen LogP contribution in [-0.4, -0.2) is 11.5 Å². The molecular formula is C12H19FN2. The van der Waals surface area contributed by atoms with Gasteiger partial charge in [0.15, 0.2) is 0 Å². The van der Waals surface area contributed by atoms with Crippen LogP contribution in [0.1, 0.15) is 27.7 Å². The van der Waals surface area contributed by atoms with Crippen LogP contribution in [0.25, 0.3) is 0 Å². The molecule has 0 bridgehead atoms. The van der Waals surface area contributed by atoms with Crippen molar-refractivity contribution in [1.82, 2.24) is 4.98 Å². The van der Waals surface area contributed by atoms with Crippen molar-refractivity contribution >= 4 is 5.82 Å². The number of halogens is 1. The fourth-order valence-electron chi connectivity index (χ4n) is 1.04. The van der Waals surface area contributed by atoms with Gasteiger partial charge in [0.25, 0.3) is 0 Å². The van der Waals surface area contributed by atoms with E-state index in [4.69, 9.17) is 0 Å². The minimum atomic E-state index is -0.301. The van der Waals surface area contributed by atoms with Crippen LogP contribution in [0.4, 0.5) is 10.2 Å². The number of rotatable bonds is 3. The van der Waals surface area contributed by atoms with Crippen LogP contribution in [-0.2, 0) is 0 Å². The first-order chi connectivity index (χ1) is 6.89. The van der Waals surface area contributed by atoms with Crippen LogP contribution in [0.15, 0.2) is 18.3 Å². The summed E-state index contributed by atoms with van der Waals surface area (Å²) >= 11 is 0. The second-order valence-corrected chi connectivity index (χ2v) is 5.01. The maximum absolute atomic E-state index is 12.6. The largest absolute Gasteiger partial charge is 0.370 e. The van der Waals surface area contributed by atoms with Gasteiger partial charge in [-0.15, -0.1) is 0 Å². The predicted octanol–water partition coefficient (Wildman–Crippen LogP) is 3.31. The van der Waals surface area contributed by atoms with Crippen molar-refractivity contribution in [2.24, 2.45) is 11.3 Å². The standard InChI is InChI=1S/C12H19FN2/c1-9(12(2,3)4)7-14-11-6-5-10(13)8-15-11/h5-6,8-9H,7H2,1-4H3,(H,14,15). The highest BCUT2D eigenvalue weighted by Crippen LogP contribution is 2.25. The molecular weight excluding hydrogens is 191 g/mol. The lowest BCUT2D eigenvalue weighted by Crippen LogP contribution is -2.25. The number of nitrogens with one attached hydrogen (secondary N) is 1. The van der Waals surface area contributed by atoms with Crippen LogP contribution in [0.3, 0.4) is 0 Å². The first-order valence-corrected chi connectivity index (χ1v) is 5.25. The summed E-state index contributed by atoms with van der Waals surface area (Å²) in [5, 5.41) is 3.20. The molecule has 1 atom stereocenters. The van der Waals surface area contributed by atoms with Crippen molar-refractivity contribution < 1.29 is 4.39 Å². The molecule has 0 saturated carbocycles. The molecule has 3 heteroatoms. The number of hydrogen-bond donors (Lipinski definition) is 1. The Labute approximate surface area is 90.9 Å². The molecule has 1 aromatic heterocycles. The first kappa shape index (κ1) is 12.0. The maximum Gasteiger partial charge on any atom is 0.141 e. The molecule has 0 aliphatic rings. The Kier molecular flexibility index (Phi) is 3.66. The van der Waals surface area contributed by atoms with Crippen LogP contribution in [0.5, 0.6) is 0 Å². The fourth-order valence-corrected chi connectivity index (χ4v) is 1.04. The van der Waals surface area contributed by atoms with Gasteiger partial charge in [0.2, 0.25) is 0 Å². The minimum absolute atomic E-state index is 0.271. The van der Waals surface area contributed by atoms with E-state index in [2.05, 4.69) is 38.0 Å². The second-order valence-electron chi connectivity index (χ2n) is 5.01. The smallest absolute Gasteiger partial charge is 0.141 e. The predicted molar refractivity (Wildman–Crippen MR) is 61.3 cm³/mol. The Hall–Kier alpha value is -1.12. The molecule has 1 aromatic rings. The summed E-state index contributed by atoms with van der Waals surface area (Å²) < 4.78 is 12.6. The van der Waals surface area contributed by atoms with Gasteiger partial charge in [-0.3, -0.25) is 0 Å². The highest BCUT2D eigenvalue weighted by Gasteiger charge is 2.19. The summed E-state index contributed by atoms with van der Waals surface area (Å²) in [7, 11) is 0. The Morgan fingerprint density at radius 1 is 1.40 bits per heavy atom. The molecule has 84 valence electrons. The third-order valence-corrected chi connectivity index (χ3v) is 2.80. The summed E-state index contributed by atoms with van der Waals surface area (Å²) in [6.45, 7) is 9.66. The van der Waals surface area contributed by atoms with E-state index in [9.17, 15) is 4.39 Å². The first-order valence-electron chi connectivity index (χ1n) is 5.25. The molecule has 1 rings (SSSR count). The summed E-state index contributed by atoms with van der Waals surface area (Å²) in [5.41, 5.74) is 0.271. The van der Waals surface area contributed by atoms with Crippen molar-refractivity contribution in [2.45, 2.75) is 27.7 Å². The van der Waals surface area contributed by atoms with Gasteiger partial charge in [-0.25, -0.2) is 9.37 Å². The Bertz CT molecular complexity index is 300. The van der Waals surface area contributed by atoms with E-state index in [1.54, 1.807) is 6.07 Å². The van der Waals surface area contributed by atoms with Crippen molar-refractivity contribution in [3.63, 3.8) is 0 Å². The Morgan fingerprint density at radius 3 is 2.53 bits per heavy atom. The Morgan fingerprint density at radius 2 is 2.07 bits per heavy atom. The van der Waals surface area contributed by atoms with Crippen molar-refractivity contribution in [2.75, 3.05) is 11.9 Å². The molecule has 1 heterocycles. The van der Waals surface area contributed by atoms with E-state index in [1.807, 2.05) is 0 Å². The van der Waals surface area contributed by atoms with Gasteiger partial charge in [-0.05, 0) is 23.5 Å². The molecule has 0 aromatic carbocycles. The van der Waals surface area contributed by atoms with Gasteiger partial charge in [0.05, 0.1) is 6.20 Å². The van der Waals surface area contributed by atoms with E-state index >= 15 is 0 Å². The maximum atomic E-state index is 12.6. The summed E-state index contributed by atoms with van der Waals surface area (Å²) in [5.74, 6) is 0.960. The monoisotopic (exact) mass is 210 g/mol. The summed E-state index contributed by atoms with van der Waals surface area (Å²) in [4.78, 5) is 3.95. The molecule has 0 aliphatic carbocycles. The molecule has 0 amide bonds. The van der Waals surface area contributed by atoms with Gasteiger partial charge in [-0.2, -0.15) is 0 Å². The molecule has 2 nitrogen and oxygen atoms in total. The van der Waals surface area contributed by atoms with Crippen LogP contribution < -0.4 is 5.32 Å². The van der Waals surface area contributed by atoms with Crippen molar-refractivity contribution in [3.8, 4) is 0 Å². The number of aromatic nitrogens is 1. The van der Waals surface area contributed by atoms with Crippen LogP contribution >= 0.6 is 0 Å². The van der Waals surface area contributed by atoms with Gasteiger partial charge in [0.1, 0.15) is 11.6 Å². The van der Waals surface area contributed by atoms with E-state index in [1.165, 1.54) is 12.3 Å². The van der Waals surface area contributed by atoms with Crippen LogP contribution in [0.2, 0.25) is 0 Å². The average molecular weight is 210 g/mol. The lowest BCUT2D eigenvalue weighted by Gasteiger charge is -2.27. The molecule has 0 radical (unpaired) electrons. The summed E-state index contributed by atoms with van der Waals surface area (Å²) in [6.07, 6.45) is 1.23. The number of pyridine rings is 1. The third kappa shape index (κ3) is 3.86. The zero-order valence-corrected chi connectivity index (χ0v) is 9.84. The van der Waals surface area contributed by atoms with Gasteiger partial charge >= 0.3 is 0 Å². The highest BCUT2D eigenvalue weighted by atomic mass is 19.1. The van der Waals surface area contributed by atoms with Gasteiger partial charge < -0.3 is 5.32 Å². The Balaban J connectivity index is 2.47. The minimum Gasteiger partial charge on any atom is -0.370 e. The third-order valence-electron chi connectivity index (χ3n) is 2.80. The molecule has 0 saturated heterocycles.